The van der Waals surface area contributed by atoms with E-state index in [1.807, 2.05) is 10.8 Å². The molecule has 3 rings (SSSR count). The molecule has 2 atom stereocenters. The first-order chi connectivity index (χ1) is 8.70. The van der Waals surface area contributed by atoms with Gasteiger partial charge in [-0.3, -0.25) is 10.1 Å². The minimum Gasteiger partial charge on any atom is -0.480 e. The van der Waals surface area contributed by atoms with Crippen LogP contribution in [-0.2, 0) is 4.79 Å². The summed E-state index contributed by atoms with van der Waals surface area (Å²) in [6.45, 7) is 0. The maximum Gasteiger partial charge on any atom is 0.323 e. The van der Waals surface area contributed by atoms with E-state index in [0.717, 1.165) is 32.1 Å². The molecule has 1 heterocycles. The van der Waals surface area contributed by atoms with Crippen LogP contribution < -0.4 is 5.32 Å². The number of rotatable bonds is 4. The summed E-state index contributed by atoms with van der Waals surface area (Å²) in [6, 6.07) is 0.672. The average Bonchev–Trinajstić information content (AvgIpc) is 3.00. The molecule has 1 aromatic rings. The highest BCUT2D eigenvalue weighted by atomic mass is 16.4. The van der Waals surface area contributed by atoms with Gasteiger partial charge >= 0.3 is 5.97 Å². The summed E-state index contributed by atoms with van der Waals surface area (Å²) in [5.74, 6) is -0.695. The van der Waals surface area contributed by atoms with Crippen LogP contribution in [0.2, 0.25) is 0 Å². The normalized spacial score (nSPS) is 32.3. The molecule has 0 saturated heterocycles. The summed E-state index contributed by atoms with van der Waals surface area (Å²) >= 11 is 0. The number of aromatic nitrogens is 2. The highest BCUT2D eigenvalue weighted by Gasteiger charge is 2.46. The fraction of sp³-hybridized carbons (Fsp3) is 0.692. The van der Waals surface area contributed by atoms with E-state index in [4.69, 9.17) is 0 Å². The minimum atomic E-state index is -0.728. The number of carboxylic acid groups (broad SMARTS) is 1. The van der Waals surface area contributed by atoms with E-state index >= 15 is 0 Å². The number of hydrogen-bond donors (Lipinski definition) is 2. The predicted octanol–water partition coefficient (Wildman–Crippen LogP) is 1.57. The van der Waals surface area contributed by atoms with Crippen molar-refractivity contribution < 1.29 is 9.90 Å². The Morgan fingerprint density at radius 3 is 2.89 bits per heavy atom. The molecular formula is C13H19N3O2. The lowest BCUT2D eigenvalue weighted by molar-refractivity contribution is -0.147. The number of imidazole rings is 1. The van der Waals surface area contributed by atoms with Crippen molar-refractivity contribution in [2.75, 3.05) is 0 Å². The van der Waals surface area contributed by atoms with Gasteiger partial charge in [-0.15, -0.1) is 0 Å². The van der Waals surface area contributed by atoms with Gasteiger partial charge in [0, 0.05) is 24.5 Å². The van der Waals surface area contributed by atoms with Crippen LogP contribution in [0, 0.1) is 0 Å². The molecule has 0 aliphatic heterocycles. The van der Waals surface area contributed by atoms with Crippen molar-refractivity contribution in [2.45, 2.75) is 56.1 Å². The molecule has 2 aliphatic rings. The van der Waals surface area contributed by atoms with E-state index in [-0.39, 0.29) is 6.04 Å². The zero-order chi connectivity index (χ0) is 12.6. The van der Waals surface area contributed by atoms with Crippen LogP contribution in [0.5, 0.6) is 0 Å². The molecule has 2 N–H and O–H groups in total. The van der Waals surface area contributed by atoms with Gasteiger partial charge in [-0.1, -0.05) is 0 Å². The Balaban J connectivity index is 1.79. The summed E-state index contributed by atoms with van der Waals surface area (Å²) in [5.41, 5.74) is -0.728. The Labute approximate surface area is 106 Å². The van der Waals surface area contributed by atoms with Crippen molar-refractivity contribution in [2.24, 2.45) is 0 Å². The number of aliphatic carboxylic acids is 1. The van der Waals surface area contributed by atoms with E-state index in [1.54, 1.807) is 12.5 Å². The molecule has 0 radical (unpaired) electrons. The molecule has 0 aromatic carbocycles. The van der Waals surface area contributed by atoms with E-state index in [9.17, 15) is 9.90 Å². The highest BCUT2D eigenvalue weighted by molar-refractivity contribution is 5.79. The van der Waals surface area contributed by atoms with Crippen molar-refractivity contribution in [3.63, 3.8) is 0 Å². The monoisotopic (exact) mass is 249 g/mol. The second-order valence-electron chi connectivity index (χ2n) is 5.57. The maximum atomic E-state index is 11.7. The standard InChI is InChI=1S/C13H19N3O2/c17-12(18)13(15-10-3-4-10)5-1-2-11(8-13)16-7-6-14-9-16/h6-7,9-11,15H,1-5,8H2,(H,17,18). The fourth-order valence-electron chi connectivity index (χ4n) is 2.99. The van der Waals surface area contributed by atoms with Crippen LogP contribution in [0.1, 0.15) is 44.6 Å². The zero-order valence-electron chi connectivity index (χ0n) is 10.4. The van der Waals surface area contributed by atoms with E-state index < -0.39 is 11.5 Å². The molecule has 2 unspecified atom stereocenters. The van der Waals surface area contributed by atoms with Crippen LogP contribution in [0.15, 0.2) is 18.7 Å². The van der Waals surface area contributed by atoms with E-state index in [1.165, 1.54) is 0 Å². The molecule has 5 heteroatoms. The number of nitrogens with zero attached hydrogens (tertiary/aromatic N) is 2. The van der Waals surface area contributed by atoms with Crippen LogP contribution in [-0.4, -0.2) is 32.2 Å². The van der Waals surface area contributed by atoms with Gasteiger partial charge in [-0.25, -0.2) is 4.98 Å². The lowest BCUT2D eigenvalue weighted by atomic mass is 9.78. The summed E-state index contributed by atoms with van der Waals surface area (Å²) in [6.07, 6.45) is 11.1. The largest absolute Gasteiger partial charge is 0.480 e. The Morgan fingerprint density at radius 1 is 1.44 bits per heavy atom. The summed E-state index contributed by atoms with van der Waals surface area (Å²) < 4.78 is 2.05. The fourth-order valence-corrected chi connectivity index (χ4v) is 2.99. The third-order valence-electron chi connectivity index (χ3n) is 4.14. The molecule has 2 fully saturated rings. The van der Waals surface area contributed by atoms with E-state index in [2.05, 4.69) is 10.3 Å². The maximum absolute atomic E-state index is 11.7. The number of carboxylic acids is 1. The number of hydrogen-bond acceptors (Lipinski definition) is 3. The Bertz CT molecular complexity index is 427. The number of carbonyl (C=O) groups is 1. The molecule has 2 aliphatic carbocycles. The first kappa shape index (κ1) is 11.7. The Kier molecular flexibility index (Phi) is 2.86. The molecule has 0 amide bonds. The van der Waals surface area contributed by atoms with Crippen molar-refractivity contribution >= 4 is 5.97 Å². The van der Waals surface area contributed by atoms with Gasteiger partial charge in [0.05, 0.1) is 6.33 Å². The molecule has 5 nitrogen and oxygen atoms in total. The van der Waals surface area contributed by atoms with Crippen LogP contribution >= 0.6 is 0 Å². The van der Waals surface area contributed by atoms with Gasteiger partial charge < -0.3 is 9.67 Å². The molecule has 1 aromatic heterocycles. The molecule has 2 saturated carbocycles. The zero-order valence-corrected chi connectivity index (χ0v) is 10.4. The second kappa shape index (κ2) is 4.39. The SMILES string of the molecule is O=C(O)C1(NC2CC2)CCCC(n2ccnc2)C1. The third-order valence-corrected chi connectivity index (χ3v) is 4.14. The lowest BCUT2D eigenvalue weighted by Gasteiger charge is -2.39. The van der Waals surface area contributed by atoms with Crippen molar-refractivity contribution in [1.29, 1.82) is 0 Å². The van der Waals surface area contributed by atoms with Crippen LogP contribution in [0.25, 0.3) is 0 Å². The van der Waals surface area contributed by atoms with Gasteiger partial charge in [-0.2, -0.15) is 0 Å². The summed E-state index contributed by atoms with van der Waals surface area (Å²) in [7, 11) is 0. The van der Waals surface area contributed by atoms with Gasteiger partial charge in [0.2, 0.25) is 0 Å². The average molecular weight is 249 g/mol. The minimum absolute atomic E-state index is 0.253. The van der Waals surface area contributed by atoms with Crippen LogP contribution in [0.3, 0.4) is 0 Å². The predicted molar refractivity (Wildman–Crippen MR) is 66.3 cm³/mol. The topological polar surface area (TPSA) is 67.2 Å². The smallest absolute Gasteiger partial charge is 0.323 e. The summed E-state index contributed by atoms with van der Waals surface area (Å²) in [5, 5.41) is 13.0. The van der Waals surface area contributed by atoms with Crippen molar-refractivity contribution in [3.05, 3.63) is 18.7 Å². The molecule has 98 valence electrons. The second-order valence-corrected chi connectivity index (χ2v) is 5.57. The van der Waals surface area contributed by atoms with Crippen molar-refractivity contribution in [3.8, 4) is 0 Å². The first-order valence-corrected chi connectivity index (χ1v) is 6.68. The summed E-state index contributed by atoms with van der Waals surface area (Å²) in [4.78, 5) is 15.7. The number of nitrogens with one attached hydrogen (secondary N) is 1. The first-order valence-electron chi connectivity index (χ1n) is 6.68. The van der Waals surface area contributed by atoms with Gasteiger partial charge in [0.1, 0.15) is 5.54 Å². The molecule has 0 bridgehead atoms. The quantitative estimate of drug-likeness (QED) is 0.850. The molecular weight excluding hydrogens is 230 g/mol. The molecule has 0 spiro atoms. The Morgan fingerprint density at radius 2 is 2.28 bits per heavy atom. The third kappa shape index (κ3) is 2.14. The lowest BCUT2D eigenvalue weighted by Crippen LogP contribution is -2.55. The van der Waals surface area contributed by atoms with Gasteiger partial charge in [0.15, 0.2) is 0 Å². The molecule has 18 heavy (non-hydrogen) atoms. The van der Waals surface area contributed by atoms with Crippen LogP contribution in [0.4, 0.5) is 0 Å². The van der Waals surface area contributed by atoms with Crippen molar-refractivity contribution in [1.82, 2.24) is 14.9 Å². The van der Waals surface area contributed by atoms with E-state index in [0.29, 0.717) is 12.5 Å². The van der Waals surface area contributed by atoms with Gasteiger partial charge in [-0.05, 0) is 38.5 Å². The Hall–Kier alpha value is -1.36. The highest BCUT2D eigenvalue weighted by Crippen LogP contribution is 2.38. The van der Waals surface area contributed by atoms with Gasteiger partial charge in [0.25, 0.3) is 0 Å².